The quantitative estimate of drug-likeness (QED) is 0.673. The van der Waals surface area contributed by atoms with Gasteiger partial charge in [-0.25, -0.2) is 18.4 Å². The zero-order valence-corrected chi connectivity index (χ0v) is 17.4. The molecule has 0 aliphatic heterocycles. The van der Waals surface area contributed by atoms with Crippen molar-refractivity contribution in [3.63, 3.8) is 0 Å². The Hall–Kier alpha value is -2.80. The summed E-state index contributed by atoms with van der Waals surface area (Å²) in [6.07, 6.45) is 1.17. The Morgan fingerprint density at radius 2 is 1.54 bits per heavy atom. The number of carbonyl (C=O) groups excluding carboxylic acids is 1. The van der Waals surface area contributed by atoms with E-state index in [0.717, 1.165) is 22.5 Å². The Bertz CT molecular complexity index is 1160. The summed E-state index contributed by atoms with van der Waals surface area (Å²) < 4.78 is 23.2. The Labute approximate surface area is 165 Å². The monoisotopic (exact) mass is 397 g/mol. The van der Waals surface area contributed by atoms with Gasteiger partial charge in [0.1, 0.15) is 0 Å². The summed E-state index contributed by atoms with van der Waals surface area (Å²) in [6, 6.07) is 11.7. The highest BCUT2D eigenvalue weighted by molar-refractivity contribution is 7.90. The number of benzene rings is 2. The fraction of sp³-hybridized carbons (Fsp3) is 0.286. The molecule has 7 heteroatoms. The van der Waals surface area contributed by atoms with E-state index in [9.17, 15) is 13.2 Å². The lowest BCUT2D eigenvalue weighted by molar-refractivity contribution is 0.0742. The van der Waals surface area contributed by atoms with Gasteiger partial charge in [-0.1, -0.05) is 12.1 Å². The summed E-state index contributed by atoms with van der Waals surface area (Å²) in [7, 11) is -1.52. The minimum Gasteiger partial charge on any atom is -0.335 e. The molecule has 1 amide bonds. The van der Waals surface area contributed by atoms with Crippen molar-refractivity contribution in [2.45, 2.75) is 31.7 Å². The lowest BCUT2D eigenvalue weighted by Crippen LogP contribution is -2.29. The van der Waals surface area contributed by atoms with Gasteiger partial charge in [0.15, 0.2) is 9.84 Å². The van der Waals surface area contributed by atoms with Crippen LogP contribution in [0.4, 0.5) is 0 Å². The van der Waals surface area contributed by atoms with E-state index in [0.29, 0.717) is 11.1 Å². The lowest BCUT2D eigenvalue weighted by Gasteiger charge is -2.25. The summed E-state index contributed by atoms with van der Waals surface area (Å²) in [4.78, 5) is 23.9. The minimum atomic E-state index is -3.25. The highest BCUT2D eigenvalue weighted by Crippen LogP contribution is 2.23. The van der Waals surface area contributed by atoms with Crippen LogP contribution in [0.25, 0.3) is 11.0 Å². The molecule has 1 heterocycles. The summed E-state index contributed by atoms with van der Waals surface area (Å²) in [5.74, 6) is -0.137. The predicted molar refractivity (Wildman–Crippen MR) is 109 cm³/mol. The largest absolute Gasteiger partial charge is 0.335 e. The number of hydrogen-bond donors (Lipinski definition) is 0. The normalized spacial score (nSPS) is 12.8. The van der Waals surface area contributed by atoms with E-state index < -0.39 is 9.84 Å². The highest BCUT2D eigenvalue weighted by Gasteiger charge is 2.20. The Balaban J connectivity index is 1.87. The van der Waals surface area contributed by atoms with E-state index >= 15 is 0 Å². The van der Waals surface area contributed by atoms with Gasteiger partial charge < -0.3 is 4.90 Å². The van der Waals surface area contributed by atoms with Gasteiger partial charge in [0.2, 0.25) is 0 Å². The molecule has 0 aliphatic carbocycles. The van der Waals surface area contributed by atoms with Gasteiger partial charge in [0.05, 0.1) is 33.4 Å². The summed E-state index contributed by atoms with van der Waals surface area (Å²) in [5, 5.41) is 0. The van der Waals surface area contributed by atoms with Crippen LogP contribution in [0, 0.1) is 13.8 Å². The van der Waals surface area contributed by atoms with Crippen LogP contribution in [-0.2, 0) is 9.84 Å². The Morgan fingerprint density at radius 3 is 2.11 bits per heavy atom. The minimum absolute atomic E-state index is 0.137. The third-order valence-electron chi connectivity index (χ3n) is 5.01. The maximum atomic E-state index is 13.0. The molecule has 3 aromatic rings. The molecular formula is C21H23N3O3S. The molecule has 0 aliphatic rings. The molecule has 0 N–H and O–H groups in total. The molecular weight excluding hydrogens is 374 g/mol. The van der Waals surface area contributed by atoms with Gasteiger partial charge >= 0.3 is 0 Å². The first-order valence-corrected chi connectivity index (χ1v) is 10.8. The van der Waals surface area contributed by atoms with Gasteiger partial charge in [-0.15, -0.1) is 0 Å². The van der Waals surface area contributed by atoms with Crippen molar-refractivity contribution < 1.29 is 13.2 Å². The number of fused-ring (bicyclic) bond motifs is 1. The molecule has 3 rings (SSSR count). The van der Waals surface area contributed by atoms with E-state index in [-0.39, 0.29) is 16.8 Å². The third-order valence-corrected chi connectivity index (χ3v) is 6.14. The van der Waals surface area contributed by atoms with Crippen LogP contribution < -0.4 is 0 Å². The van der Waals surface area contributed by atoms with Crippen LogP contribution >= 0.6 is 0 Å². The molecule has 0 spiro atoms. The zero-order chi connectivity index (χ0) is 20.6. The molecule has 0 saturated heterocycles. The molecule has 0 bridgehead atoms. The molecule has 28 heavy (non-hydrogen) atoms. The van der Waals surface area contributed by atoms with Crippen molar-refractivity contribution in [3.8, 4) is 0 Å². The van der Waals surface area contributed by atoms with E-state index in [4.69, 9.17) is 0 Å². The first kappa shape index (κ1) is 19.9. The number of aromatic nitrogens is 2. The molecule has 1 atom stereocenters. The van der Waals surface area contributed by atoms with Crippen LogP contribution in [0.5, 0.6) is 0 Å². The van der Waals surface area contributed by atoms with Crippen LogP contribution in [0.1, 0.15) is 40.3 Å². The van der Waals surface area contributed by atoms with Crippen molar-refractivity contribution in [2.24, 2.45) is 0 Å². The van der Waals surface area contributed by atoms with Crippen LogP contribution in [0.15, 0.2) is 47.4 Å². The number of nitrogens with zero attached hydrogens (tertiary/aromatic N) is 3. The van der Waals surface area contributed by atoms with Gasteiger partial charge in [0, 0.05) is 18.9 Å². The van der Waals surface area contributed by atoms with Crippen molar-refractivity contribution in [2.75, 3.05) is 13.3 Å². The van der Waals surface area contributed by atoms with Gasteiger partial charge in [-0.05, 0) is 56.7 Å². The Kier molecular flexibility index (Phi) is 5.21. The van der Waals surface area contributed by atoms with Crippen molar-refractivity contribution in [1.82, 2.24) is 14.9 Å². The second-order valence-corrected chi connectivity index (χ2v) is 9.05. The number of rotatable bonds is 4. The van der Waals surface area contributed by atoms with Crippen LogP contribution in [0.2, 0.25) is 0 Å². The van der Waals surface area contributed by atoms with E-state index in [2.05, 4.69) is 9.97 Å². The average molecular weight is 398 g/mol. The maximum Gasteiger partial charge on any atom is 0.254 e. The van der Waals surface area contributed by atoms with Crippen molar-refractivity contribution in [1.29, 1.82) is 0 Å². The summed E-state index contributed by atoms with van der Waals surface area (Å²) in [6.45, 7) is 5.71. The standard InChI is InChI=1S/C21H23N3O3S/c1-13-14(2)23-20-12-17(8-11-19(20)22-13)21(25)24(4)15(3)16-6-9-18(10-7-16)28(5,26)27/h6-12,15H,1-5H3. The number of amides is 1. The molecule has 1 aromatic heterocycles. The fourth-order valence-corrected chi connectivity index (χ4v) is 3.59. The average Bonchev–Trinajstić information content (AvgIpc) is 2.66. The number of sulfone groups is 1. The van der Waals surface area contributed by atoms with E-state index in [1.54, 1.807) is 54.4 Å². The fourth-order valence-electron chi connectivity index (χ4n) is 2.96. The summed E-state index contributed by atoms with van der Waals surface area (Å²) >= 11 is 0. The molecule has 6 nitrogen and oxygen atoms in total. The SMILES string of the molecule is Cc1nc2ccc(C(=O)N(C)C(C)c3ccc(S(C)(=O)=O)cc3)cc2nc1C. The van der Waals surface area contributed by atoms with Crippen LogP contribution in [-0.4, -0.2) is 42.5 Å². The molecule has 0 fully saturated rings. The van der Waals surface area contributed by atoms with Gasteiger partial charge in [-0.3, -0.25) is 4.79 Å². The van der Waals surface area contributed by atoms with Crippen LogP contribution in [0.3, 0.4) is 0 Å². The van der Waals surface area contributed by atoms with E-state index in [1.165, 1.54) is 6.26 Å². The maximum absolute atomic E-state index is 13.0. The lowest BCUT2D eigenvalue weighted by atomic mass is 10.1. The number of hydrogen-bond acceptors (Lipinski definition) is 5. The Morgan fingerprint density at radius 1 is 0.964 bits per heavy atom. The predicted octanol–water partition coefficient (Wildman–Crippen LogP) is 3.48. The van der Waals surface area contributed by atoms with E-state index in [1.807, 2.05) is 20.8 Å². The van der Waals surface area contributed by atoms with Crippen molar-refractivity contribution >= 4 is 26.8 Å². The topological polar surface area (TPSA) is 80.2 Å². The molecule has 2 aromatic carbocycles. The molecule has 146 valence electrons. The summed E-state index contributed by atoms with van der Waals surface area (Å²) in [5.41, 5.74) is 4.54. The van der Waals surface area contributed by atoms with Crippen molar-refractivity contribution in [3.05, 3.63) is 65.0 Å². The van der Waals surface area contributed by atoms with Gasteiger partial charge in [-0.2, -0.15) is 0 Å². The third kappa shape index (κ3) is 3.89. The highest BCUT2D eigenvalue weighted by atomic mass is 32.2. The molecule has 1 unspecified atom stereocenters. The van der Waals surface area contributed by atoms with Gasteiger partial charge in [0.25, 0.3) is 5.91 Å². The zero-order valence-electron chi connectivity index (χ0n) is 16.6. The number of aryl methyl sites for hydroxylation is 2. The first-order chi connectivity index (χ1) is 13.1. The second-order valence-electron chi connectivity index (χ2n) is 7.03. The second kappa shape index (κ2) is 7.31. The smallest absolute Gasteiger partial charge is 0.254 e. The first-order valence-electron chi connectivity index (χ1n) is 8.90. The number of carbonyl (C=O) groups is 1. The molecule has 0 saturated carbocycles. The molecule has 0 radical (unpaired) electrons.